The lowest BCUT2D eigenvalue weighted by Gasteiger charge is -2.23. The molecule has 1 heterocycles. The Morgan fingerprint density at radius 1 is 1.35 bits per heavy atom. The molecular weight excluding hydrogens is 230 g/mol. The molecule has 3 heteroatoms. The molecule has 0 aromatic heterocycles. The molecule has 0 saturated carbocycles. The van der Waals surface area contributed by atoms with E-state index in [1.165, 1.54) is 23.3 Å². The minimum Gasteiger partial charge on any atom is -0.496 e. The van der Waals surface area contributed by atoms with Crippen LogP contribution in [0, 0.1) is 5.92 Å². The van der Waals surface area contributed by atoms with Crippen LogP contribution < -0.4 is 10.1 Å². The number of ether oxygens (including phenoxy) is 1. The van der Waals surface area contributed by atoms with Crippen molar-refractivity contribution in [3.05, 3.63) is 23.8 Å². The van der Waals surface area contributed by atoms with Crippen LogP contribution in [0.2, 0.25) is 0 Å². The molecule has 17 heavy (non-hydrogen) atoms. The van der Waals surface area contributed by atoms with Gasteiger partial charge in [0.05, 0.1) is 7.11 Å². The zero-order valence-electron chi connectivity index (χ0n) is 10.7. The zero-order chi connectivity index (χ0) is 12.1. The van der Waals surface area contributed by atoms with E-state index in [-0.39, 0.29) is 0 Å². The Balaban J connectivity index is 2.08. The maximum Gasteiger partial charge on any atom is 0.123 e. The number of benzene rings is 1. The number of thioether (sulfide) groups is 1. The first kappa shape index (κ1) is 12.8. The highest BCUT2D eigenvalue weighted by atomic mass is 32.2. The Morgan fingerprint density at radius 3 is 2.76 bits per heavy atom. The first-order valence-electron chi connectivity index (χ1n) is 6.25. The summed E-state index contributed by atoms with van der Waals surface area (Å²) in [6.45, 7) is 2.33. The number of piperidine rings is 1. The van der Waals surface area contributed by atoms with Gasteiger partial charge in [0.2, 0.25) is 0 Å². The first-order chi connectivity index (χ1) is 8.33. The molecule has 2 rings (SSSR count). The second-order valence-electron chi connectivity index (χ2n) is 4.58. The van der Waals surface area contributed by atoms with E-state index in [9.17, 15) is 0 Å². The molecule has 0 radical (unpaired) electrons. The van der Waals surface area contributed by atoms with Gasteiger partial charge < -0.3 is 10.1 Å². The lowest BCUT2D eigenvalue weighted by atomic mass is 9.91. The van der Waals surface area contributed by atoms with Crippen LogP contribution in [-0.2, 0) is 6.42 Å². The molecule has 94 valence electrons. The minimum atomic E-state index is 0.810. The van der Waals surface area contributed by atoms with E-state index >= 15 is 0 Å². The summed E-state index contributed by atoms with van der Waals surface area (Å²) in [7, 11) is 1.77. The molecule has 1 fully saturated rings. The van der Waals surface area contributed by atoms with E-state index in [4.69, 9.17) is 4.74 Å². The number of rotatable bonds is 4. The van der Waals surface area contributed by atoms with Gasteiger partial charge in [-0.05, 0) is 62.2 Å². The number of methoxy groups -OCH3 is 1. The summed E-state index contributed by atoms with van der Waals surface area (Å²) in [6, 6.07) is 6.58. The second-order valence-corrected chi connectivity index (χ2v) is 5.45. The van der Waals surface area contributed by atoms with Crippen LogP contribution in [0.15, 0.2) is 23.1 Å². The fraction of sp³-hybridized carbons (Fsp3) is 0.571. The summed E-state index contributed by atoms with van der Waals surface area (Å²) in [5, 5.41) is 3.41. The summed E-state index contributed by atoms with van der Waals surface area (Å²) in [5.41, 5.74) is 1.36. The van der Waals surface area contributed by atoms with Gasteiger partial charge in [-0.3, -0.25) is 0 Å². The lowest BCUT2D eigenvalue weighted by Crippen LogP contribution is -2.28. The fourth-order valence-corrected chi connectivity index (χ4v) is 2.85. The van der Waals surface area contributed by atoms with E-state index in [1.807, 2.05) is 0 Å². The van der Waals surface area contributed by atoms with Crippen LogP contribution in [-0.4, -0.2) is 26.5 Å². The fourth-order valence-electron chi connectivity index (χ4n) is 2.42. The third-order valence-corrected chi connectivity index (χ3v) is 4.19. The highest BCUT2D eigenvalue weighted by Gasteiger charge is 2.15. The van der Waals surface area contributed by atoms with Gasteiger partial charge in [-0.1, -0.05) is 6.07 Å². The van der Waals surface area contributed by atoms with Gasteiger partial charge in [0, 0.05) is 4.90 Å². The third kappa shape index (κ3) is 3.39. The van der Waals surface area contributed by atoms with Crippen molar-refractivity contribution in [3.63, 3.8) is 0 Å². The Bertz CT molecular complexity index is 361. The van der Waals surface area contributed by atoms with Crippen molar-refractivity contribution < 1.29 is 4.74 Å². The van der Waals surface area contributed by atoms with Crippen molar-refractivity contribution >= 4 is 11.8 Å². The quantitative estimate of drug-likeness (QED) is 0.831. The summed E-state index contributed by atoms with van der Waals surface area (Å²) in [5.74, 6) is 1.86. The molecule has 1 saturated heterocycles. The van der Waals surface area contributed by atoms with Gasteiger partial charge in [0.25, 0.3) is 0 Å². The molecule has 0 bridgehead atoms. The highest BCUT2D eigenvalue weighted by Crippen LogP contribution is 2.29. The van der Waals surface area contributed by atoms with Crippen LogP contribution >= 0.6 is 11.8 Å². The van der Waals surface area contributed by atoms with E-state index in [0.717, 1.165) is 31.2 Å². The predicted octanol–water partition coefficient (Wildman–Crippen LogP) is 2.96. The molecule has 0 atom stereocenters. The lowest BCUT2D eigenvalue weighted by molar-refractivity contribution is 0.361. The highest BCUT2D eigenvalue weighted by molar-refractivity contribution is 7.98. The first-order valence-corrected chi connectivity index (χ1v) is 7.47. The average Bonchev–Trinajstić information content (AvgIpc) is 2.40. The van der Waals surface area contributed by atoms with Crippen LogP contribution in [0.5, 0.6) is 5.75 Å². The summed E-state index contributed by atoms with van der Waals surface area (Å²) in [4.78, 5) is 1.27. The maximum atomic E-state index is 5.50. The monoisotopic (exact) mass is 251 g/mol. The van der Waals surface area contributed by atoms with E-state index in [1.54, 1.807) is 18.9 Å². The normalized spacial score (nSPS) is 17.1. The van der Waals surface area contributed by atoms with Gasteiger partial charge in [-0.25, -0.2) is 0 Å². The third-order valence-electron chi connectivity index (χ3n) is 3.46. The molecule has 1 aromatic rings. The maximum absolute atomic E-state index is 5.50. The Hall–Kier alpha value is -0.670. The number of hydrogen-bond donors (Lipinski definition) is 1. The van der Waals surface area contributed by atoms with Gasteiger partial charge in [-0.15, -0.1) is 11.8 Å². The Kier molecular flexibility index (Phi) is 4.75. The molecule has 0 spiro atoms. The van der Waals surface area contributed by atoms with Gasteiger partial charge in [0.15, 0.2) is 0 Å². The molecule has 0 aliphatic carbocycles. The molecule has 1 aromatic carbocycles. The van der Waals surface area contributed by atoms with Crippen LogP contribution in [0.1, 0.15) is 18.4 Å². The summed E-state index contributed by atoms with van der Waals surface area (Å²) in [6.07, 6.45) is 5.82. The Morgan fingerprint density at radius 2 is 2.12 bits per heavy atom. The largest absolute Gasteiger partial charge is 0.496 e. The van der Waals surface area contributed by atoms with E-state index < -0.39 is 0 Å². The van der Waals surface area contributed by atoms with Gasteiger partial charge in [0.1, 0.15) is 5.75 Å². The standard InChI is InChI=1S/C14H21NOS/c1-16-14-10-13(17-2)4-3-12(14)9-11-5-7-15-8-6-11/h3-4,10-11,15H,5-9H2,1-2H3. The topological polar surface area (TPSA) is 21.3 Å². The second kappa shape index (κ2) is 6.31. The summed E-state index contributed by atoms with van der Waals surface area (Å²) >= 11 is 1.76. The molecule has 0 amide bonds. The van der Waals surface area contributed by atoms with Crippen molar-refractivity contribution in [2.24, 2.45) is 5.92 Å². The Labute approximate surface area is 108 Å². The van der Waals surface area contributed by atoms with Crippen molar-refractivity contribution in [1.29, 1.82) is 0 Å². The number of nitrogens with one attached hydrogen (secondary N) is 1. The van der Waals surface area contributed by atoms with E-state index in [0.29, 0.717) is 0 Å². The number of hydrogen-bond acceptors (Lipinski definition) is 3. The molecule has 1 N–H and O–H groups in total. The SMILES string of the molecule is COc1cc(SC)ccc1CC1CCNCC1. The molecule has 1 aliphatic rings. The van der Waals surface area contributed by atoms with Crippen molar-refractivity contribution in [2.75, 3.05) is 26.5 Å². The molecule has 1 aliphatic heterocycles. The van der Waals surface area contributed by atoms with Crippen LogP contribution in [0.25, 0.3) is 0 Å². The minimum absolute atomic E-state index is 0.810. The van der Waals surface area contributed by atoms with Crippen molar-refractivity contribution in [3.8, 4) is 5.75 Å². The van der Waals surface area contributed by atoms with Gasteiger partial charge >= 0.3 is 0 Å². The molecule has 0 unspecified atom stereocenters. The smallest absolute Gasteiger partial charge is 0.123 e. The van der Waals surface area contributed by atoms with E-state index in [2.05, 4.69) is 29.8 Å². The van der Waals surface area contributed by atoms with Crippen molar-refractivity contribution in [1.82, 2.24) is 5.32 Å². The predicted molar refractivity (Wildman–Crippen MR) is 74.1 cm³/mol. The molecular formula is C14H21NOS. The van der Waals surface area contributed by atoms with Gasteiger partial charge in [-0.2, -0.15) is 0 Å². The van der Waals surface area contributed by atoms with Crippen LogP contribution in [0.4, 0.5) is 0 Å². The summed E-state index contributed by atoms with van der Waals surface area (Å²) < 4.78 is 5.50. The average molecular weight is 251 g/mol. The van der Waals surface area contributed by atoms with Crippen molar-refractivity contribution in [2.45, 2.75) is 24.2 Å². The zero-order valence-corrected chi connectivity index (χ0v) is 11.5. The van der Waals surface area contributed by atoms with Crippen LogP contribution in [0.3, 0.4) is 0 Å². The molecule has 2 nitrogen and oxygen atoms in total.